The van der Waals surface area contributed by atoms with Crippen molar-refractivity contribution in [2.24, 2.45) is 4.99 Å². The van der Waals surface area contributed by atoms with Crippen LogP contribution < -0.4 is 10.6 Å². The summed E-state index contributed by atoms with van der Waals surface area (Å²) in [7, 11) is 0. The zero-order valence-corrected chi connectivity index (χ0v) is 17.9. The van der Waals surface area contributed by atoms with Gasteiger partial charge in [0.25, 0.3) is 0 Å². The van der Waals surface area contributed by atoms with E-state index in [1.807, 2.05) is 0 Å². The molecular formula is C20H36N4O2S. The maximum absolute atomic E-state index is 5.82. The number of ether oxygens (including phenoxy) is 2. The average Bonchev–Trinajstić information content (AvgIpc) is 3.38. The third kappa shape index (κ3) is 7.78. The van der Waals surface area contributed by atoms with Gasteiger partial charge < -0.3 is 20.1 Å². The van der Waals surface area contributed by atoms with Crippen molar-refractivity contribution in [3.05, 3.63) is 22.4 Å². The molecule has 0 amide bonds. The fourth-order valence-electron chi connectivity index (χ4n) is 3.25. The SMILES string of the molecule is CCNC(=NCC(c1ccsc1)N(CC)CC)NCCCOC1CCOC1. The summed E-state index contributed by atoms with van der Waals surface area (Å²) >= 11 is 1.75. The lowest BCUT2D eigenvalue weighted by molar-refractivity contribution is 0.0420. The number of hydrogen-bond donors (Lipinski definition) is 2. The molecule has 0 aromatic carbocycles. The molecule has 1 aliphatic heterocycles. The largest absolute Gasteiger partial charge is 0.379 e. The van der Waals surface area contributed by atoms with Crippen LogP contribution in [0.4, 0.5) is 0 Å². The number of aliphatic imine (C=N–C) groups is 1. The molecule has 1 saturated heterocycles. The monoisotopic (exact) mass is 396 g/mol. The van der Waals surface area contributed by atoms with Gasteiger partial charge in [-0.15, -0.1) is 0 Å². The van der Waals surface area contributed by atoms with Crippen LogP contribution in [0, 0.1) is 0 Å². The topological polar surface area (TPSA) is 58.1 Å². The van der Waals surface area contributed by atoms with Gasteiger partial charge in [0, 0.05) is 26.3 Å². The van der Waals surface area contributed by atoms with Gasteiger partial charge in [-0.2, -0.15) is 11.3 Å². The lowest BCUT2D eigenvalue weighted by Crippen LogP contribution is -2.39. The second-order valence-corrected chi connectivity index (χ2v) is 7.43. The molecule has 0 spiro atoms. The Morgan fingerprint density at radius 2 is 2.22 bits per heavy atom. The Labute approximate surface area is 168 Å². The molecule has 1 aromatic rings. The summed E-state index contributed by atoms with van der Waals surface area (Å²) in [5.41, 5.74) is 1.36. The Hall–Kier alpha value is -1.15. The van der Waals surface area contributed by atoms with Crippen LogP contribution in [0.15, 0.2) is 21.8 Å². The fourth-order valence-corrected chi connectivity index (χ4v) is 3.96. The summed E-state index contributed by atoms with van der Waals surface area (Å²) in [5.74, 6) is 0.883. The molecule has 1 fully saturated rings. The maximum atomic E-state index is 5.82. The Morgan fingerprint density at radius 1 is 1.37 bits per heavy atom. The summed E-state index contributed by atoms with van der Waals surface area (Å²) in [6, 6.07) is 2.54. The molecule has 0 aliphatic carbocycles. The first-order valence-corrected chi connectivity index (χ1v) is 11.2. The molecule has 2 atom stereocenters. The number of nitrogens with zero attached hydrogens (tertiary/aromatic N) is 2. The van der Waals surface area contributed by atoms with Gasteiger partial charge in [0.15, 0.2) is 5.96 Å². The van der Waals surface area contributed by atoms with Crippen LogP contribution in [0.3, 0.4) is 0 Å². The van der Waals surface area contributed by atoms with Crippen molar-refractivity contribution in [3.8, 4) is 0 Å². The molecule has 27 heavy (non-hydrogen) atoms. The molecule has 154 valence electrons. The van der Waals surface area contributed by atoms with E-state index in [-0.39, 0.29) is 6.10 Å². The van der Waals surface area contributed by atoms with Gasteiger partial charge in [0.1, 0.15) is 0 Å². The summed E-state index contributed by atoms with van der Waals surface area (Å²) in [5, 5.41) is 11.2. The lowest BCUT2D eigenvalue weighted by atomic mass is 10.1. The van der Waals surface area contributed by atoms with E-state index >= 15 is 0 Å². The molecular weight excluding hydrogens is 360 g/mol. The molecule has 2 unspecified atom stereocenters. The molecule has 2 N–H and O–H groups in total. The predicted molar refractivity (Wildman–Crippen MR) is 114 cm³/mol. The number of thiophene rings is 1. The second kappa shape index (κ2) is 13.1. The molecule has 2 heterocycles. The third-order valence-corrected chi connectivity index (χ3v) is 5.50. The highest BCUT2D eigenvalue weighted by Crippen LogP contribution is 2.23. The molecule has 1 aromatic heterocycles. The Bertz CT molecular complexity index is 514. The number of hydrogen-bond acceptors (Lipinski definition) is 5. The highest BCUT2D eigenvalue weighted by molar-refractivity contribution is 7.07. The zero-order valence-electron chi connectivity index (χ0n) is 17.1. The van der Waals surface area contributed by atoms with Crippen LogP contribution in [0.25, 0.3) is 0 Å². The first kappa shape index (κ1) is 22.1. The minimum Gasteiger partial charge on any atom is -0.379 e. The first-order valence-electron chi connectivity index (χ1n) is 10.3. The number of guanidine groups is 1. The van der Waals surface area contributed by atoms with E-state index in [1.165, 1.54) is 5.56 Å². The van der Waals surface area contributed by atoms with Crippen molar-refractivity contribution in [2.45, 2.75) is 45.8 Å². The molecule has 2 rings (SSSR count). The zero-order chi connectivity index (χ0) is 19.3. The molecule has 0 saturated carbocycles. The molecule has 6 nitrogen and oxygen atoms in total. The summed E-state index contributed by atoms with van der Waals surface area (Å²) in [6.07, 6.45) is 2.27. The quantitative estimate of drug-likeness (QED) is 0.323. The van der Waals surface area contributed by atoms with Gasteiger partial charge in [-0.1, -0.05) is 13.8 Å². The molecule has 0 bridgehead atoms. The predicted octanol–water partition coefficient (Wildman–Crippen LogP) is 2.88. The third-order valence-electron chi connectivity index (χ3n) is 4.80. The van der Waals surface area contributed by atoms with E-state index in [0.29, 0.717) is 6.04 Å². The first-order chi connectivity index (χ1) is 13.3. The summed E-state index contributed by atoms with van der Waals surface area (Å²) in [6.45, 7) is 13.4. The minimum atomic E-state index is 0.285. The Morgan fingerprint density at radius 3 is 2.85 bits per heavy atom. The smallest absolute Gasteiger partial charge is 0.191 e. The van der Waals surface area contributed by atoms with Crippen LogP contribution in [0.2, 0.25) is 0 Å². The lowest BCUT2D eigenvalue weighted by Gasteiger charge is -2.28. The standard InChI is InChI=1S/C20H36N4O2S/c1-4-21-20(22-10-7-11-26-18-8-12-25-15-18)23-14-19(24(5-2)6-3)17-9-13-27-16-17/h9,13,16,18-19H,4-8,10-12,14-15H2,1-3H3,(H2,21,22,23). The van der Waals surface area contributed by atoms with Crippen molar-refractivity contribution in [1.29, 1.82) is 0 Å². The molecule has 0 radical (unpaired) electrons. The molecule has 7 heteroatoms. The van der Waals surface area contributed by atoms with Crippen LogP contribution >= 0.6 is 11.3 Å². The van der Waals surface area contributed by atoms with Gasteiger partial charge >= 0.3 is 0 Å². The number of likely N-dealkylation sites (N-methyl/N-ethyl adjacent to an activating group) is 1. The van der Waals surface area contributed by atoms with Gasteiger partial charge in [-0.3, -0.25) is 9.89 Å². The van der Waals surface area contributed by atoms with E-state index in [1.54, 1.807) is 11.3 Å². The summed E-state index contributed by atoms with van der Waals surface area (Å²) in [4.78, 5) is 7.32. The van der Waals surface area contributed by atoms with Crippen LogP contribution in [0.1, 0.15) is 45.2 Å². The fraction of sp³-hybridized carbons (Fsp3) is 0.750. The number of nitrogens with one attached hydrogen (secondary N) is 2. The van der Waals surface area contributed by atoms with Gasteiger partial charge in [0.2, 0.25) is 0 Å². The van der Waals surface area contributed by atoms with Gasteiger partial charge in [-0.25, -0.2) is 0 Å². The minimum absolute atomic E-state index is 0.285. The van der Waals surface area contributed by atoms with Crippen LogP contribution in [0.5, 0.6) is 0 Å². The van der Waals surface area contributed by atoms with Crippen LogP contribution in [-0.2, 0) is 9.47 Å². The van der Waals surface area contributed by atoms with E-state index in [9.17, 15) is 0 Å². The highest BCUT2D eigenvalue weighted by atomic mass is 32.1. The Balaban J connectivity index is 1.82. The van der Waals surface area contributed by atoms with E-state index < -0.39 is 0 Å². The Kier molecular flexibility index (Phi) is 10.7. The summed E-state index contributed by atoms with van der Waals surface area (Å²) < 4.78 is 11.2. The van der Waals surface area contributed by atoms with Crippen molar-refractivity contribution < 1.29 is 9.47 Å². The van der Waals surface area contributed by atoms with E-state index in [0.717, 1.165) is 71.3 Å². The highest BCUT2D eigenvalue weighted by Gasteiger charge is 2.18. The molecule has 1 aliphatic rings. The van der Waals surface area contributed by atoms with E-state index in [4.69, 9.17) is 14.5 Å². The van der Waals surface area contributed by atoms with Crippen molar-refractivity contribution in [3.63, 3.8) is 0 Å². The maximum Gasteiger partial charge on any atom is 0.191 e. The van der Waals surface area contributed by atoms with Crippen molar-refractivity contribution in [1.82, 2.24) is 15.5 Å². The van der Waals surface area contributed by atoms with Gasteiger partial charge in [0.05, 0.1) is 25.3 Å². The van der Waals surface area contributed by atoms with Crippen molar-refractivity contribution in [2.75, 3.05) is 52.5 Å². The number of rotatable bonds is 12. The van der Waals surface area contributed by atoms with Crippen LogP contribution in [-0.4, -0.2) is 69.5 Å². The van der Waals surface area contributed by atoms with E-state index in [2.05, 4.69) is 53.1 Å². The average molecular weight is 397 g/mol. The normalized spacial score (nSPS) is 18.8. The second-order valence-electron chi connectivity index (χ2n) is 6.65. The van der Waals surface area contributed by atoms with Crippen molar-refractivity contribution >= 4 is 17.3 Å². The van der Waals surface area contributed by atoms with Gasteiger partial charge in [-0.05, 0) is 55.2 Å².